The minimum atomic E-state index is -0.0536. The van der Waals surface area contributed by atoms with E-state index in [1.807, 2.05) is 6.07 Å². The molecular formula is C29H29NO3. The van der Waals surface area contributed by atoms with Gasteiger partial charge in [0, 0.05) is 30.6 Å². The Morgan fingerprint density at radius 1 is 0.848 bits per heavy atom. The minimum Gasteiger partial charge on any atom is -0.508 e. The molecule has 0 bridgehead atoms. The van der Waals surface area contributed by atoms with E-state index in [1.54, 1.807) is 6.07 Å². The molecule has 0 amide bonds. The number of piperidine rings is 1. The number of carbonyl (C=O) groups is 1. The van der Waals surface area contributed by atoms with Gasteiger partial charge in [-0.2, -0.15) is 0 Å². The van der Waals surface area contributed by atoms with Gasteiger partial charge >= 0.3 is 0 Å². The third-order valence-corrected chi connectivity index (χ3v) is 7.75. The lowest BCUT2D eigenvalue weighted by molar-refractivity contribution is -0.111. The second-order valence-corrected chi connectivity index (χ2v) is 9.67. The topological polar surface area (TPSA) is 49.8 Å². The average molecular weight is 440 g/mol. The number of rotatable bonds is 4. The van der Waals surface area contributed by atoms with Crippen molar-refractivity contribution in [1.82, 2.24) is 0 Å². The number of phenols is 1. The molecular weight excluding hydrogens is 410 g/mol. The number of hydrogen-bond acceptors (Lipinski definition) is 4. The Kier molecular flexibility index (Phi) is 5.18. The molecule has 33 heavy (non-hydrogen) atoms. The van der Waals surface area contributed by atoms with E-state index in [4.69, 9.17) is 4.74 Å². The predicted molar refractivity (Wildman–Crippen MR) is 129 cm³/mol. The highest BCUT2D eigenvalue weighted by Gasteiger charge is 2.34. The fraction of sp³-hybridized carbons (Fsp3) is 0.345. The standard InChI is InChI=1S/C29H29NO3/c31-17-19-11-13-30(14-12-19)25-7-5-21(6-8-25)28-27-10-9-26(32)16-24(27)18-33-29(28)23-4-2-20-1-3-22(20)15-23/h2,4-10,15-17,19,28-29,32H,1,3,11-14,18H2/t28-,29-/m1/s1. The number of aromatic hydroxyl groups is 1. The molecule has 0 aromatic heterocycles. The summed E-state index contributed by atoms with van der Waals surface area (Å²) in [6.07, 6.45) is 5.24. The van der Waals surface area contributed by atoms with Gasteiger partial charge in [0.2, 0.25) is 0 Å². The Morgan fingerprint density at radius 2 is 1.61 bits per heavy atom. The number of fused-ring (bicyclic) bond motifs is 2. The van der Waals surface area contributed by atoms with Gasteiger partial charge in [-0.1, -0.05) is 36.4 Å². The molecule has 2 heterocycles. The van der Waals surface area contributed by atoms with Crippen LogP contribution < -0.4 is 4.90 Å². The molecule has 1 saturated heterocycles. The number of aldehydes is 1. The van der Waals surface area contributed by atoms with Gasteiger partial charge in [0.15, 0.2) is 0 Å². The summed E-state index contributed by atoms with van der Waals surface area (Å²) >= 11 is 0. The van der Waals surface area contributed by atoms with Crippen LogP contribution in [-0.2, 0) is 29.0 Å². The molecule has 0 unspecified atom stereocenters. The van der Waals surface area contributed by atoms with Gasteiger partial charge in [0.1, 0.15) is 12.0 Å². The first-order valence-corrected chi connectivity index (χ1v) is 12.0. The molecule has 1 N–H and O–H groups in total. The SMILES string of the molecule is O=CC1CCN(c2ccc([C@@H]3c4ccc(O)cc4CO[C@@H]3c3ccc4c(c3)CC4)cc2)CC1. The second kappa shape index (κ2) is 8.35. The Morgan fingerprint density at radius 3 is 2.30 bits per heavy atom. The first-order valence-electron chi connectivity index (χ1n) is 12.0. The Hall–Kier alpha value is -3.11. The maximum atomic E-state index is 11.1. The van der Waals surface area contributed by atoms with Gasteiger partial charge in [0.05, 0.1) is 12.7 Å². The smallest absolute Gasteiger partial charge is 0.123 e. The maximum absolute atomic E-state index is 11.1. The van der Waals surface area contributed by atoms with Crippen molar-refractivity contribution in [3.8, 4) is 5.75 Å². The van der Waals surface area contributed by atoms with E-state index in [9.17, 15) is 9.90 Å². The lowest BCUT2D eigenvalue weighted by atomic mass is 9.78. The summed E-state index contributed by atoms with van der Waals surface area (Å²) < 4.78 is 6.45. The Balaban J connectivity index is 1.34. The highest BCUT2D eigenvalue weighted by Crippen LogP contribution is 2.46. The van der Waals surface area contributed by atoms with Crippen LogP contribution in [-0.4, -0.2) is 24.5 Å². The molecule has 0 saturated carbocycles. The van der Waals surface area contributed by atoms with Crippen LogP contribution in [0.15, 0.2) is 60.7 Å². The molecule has 4 nitrogen and oxygen atoms in total. The quantitative estimate of drug-likeness (QED) is 0.560. The van der Waals surface area contributed by atoms with E-state index in [1.165, 1.54) is 39.9 Å². The van der Waals surface area contributed by atoms with E-state index in [2.05, 4.69) is 53.4 Å². The molecule has 2 atom stereocenters. The number of anilines is 1. The van der Waals surface area contributed by atoms with Crippen LogP contribution in [0.3, 0.4) is 0 Å². The second-order valence-electron chi connectivity index (χ2n) is 9.67. The van der Waals surface area contributed by atoms with Crippen LogP contribution >= 0.6 is 0 Å². The van der Waals surface area contributed by atoms with Crippen molar-refractivity contribution in [2.45, 2.75) is 44.3 Å². The summed E-state index contributed by atoms with van der Waals surface area (Å²) in [6.45, 7) is 2.36. The maximum Gasteiger partial charge on any atom is 0.123 e. The third kappa shape index (κ3) is 3.72. The first-order chi connectivity index (χ1) is 16.2. The number of carbonyl (C=O) groups excluding carboxylic acids is 1. The molecule has 168 valence electrons. The molecule has 3 aromatic rings. The molecule has 4 heteroatoms. The normalized spacial score (nSPS) is 22.2. The zero-order valence-corrected chi connectivity index (χ0v) is 18.7. The summed E-state index contributed by atoms with van der Waals surface area (Å²) in [5.41, 5.74) is 8.85. The van der Waals surface area contributed by atoms with Crippen molar-refractivity contribution in [1.29, 1.82) is 0 Å². The molecule has 1 fully saturated rings. The molecule has 0 radical (unpaired) electrons. The Labute approximate surface area is 194 Å². The summed E-state index contributed by atoms with van der Waals surface area (Å²) in [5.74, 6) is 0.559. The van der Waals surface area contributed by atoms with Crippen molar-refractivity contribution in [3.05, 3.63) is 94.0 Å². The number of ether oxygens (including phenoxy) is 1. The van der Waals surface area contributed by atoms with Crippen LogP contribution in [0.25, 0.3) is 0 Å². The summed E-state index contributed by atoms with van der Waals surface area (Å²) in [4.78, 5) is 13.5. The molecule has 2 aliphatic heterocycles. The van der Waals surface area contributed by atoms with Crippen molar-refractivity contribution in [3.63, 3.8) is 0 Å². The van der Waals surface area contributed by atoms with Gasteiger partial charge in [0.25, 0.3) is 0 Å². The van der Waals surface area contributed by atoms with Gasteiger partial charge in [-0.05, 0) is 83.3 Å². The largest absolute Gasteiger partial charge is 0.508 e. The van der Waals surface area contributed by atoms with Crippen molar-refractivity contribution in [2.24, 2.45) is 5.92 Å². The van der Waals surface area contributed by atoms with E-state index < -0.39 is 0 Å². The molecule has 3 aromatic carbocycles. The molecule has 3 aliphatic rings. The van der Waals surface area contributed by atoms with Crippen LogP contribution in [0.4, 0.5) is 5.69 Å². The average Bonchev–Trinajstić information content (AvgIpc) is 2.84. The highest BCUT2D eigenvalue weighted by molar-refractivity contribution is 5.56. The van der Waals surface area contributed by atoms with Crippen molar-refractivity contribution >= 4 is 12.0 Å². The lowest BCUT2D eigenvalue weighted by Crippen LogP contribution is -2.34. The third-order valence-electron chi connectivity index (χ3n) is 7.75. The van der Waals surface area contributed by atoms with E-state index in [0.717, 1.165) is 44.2 Å². The summed E-state index contributed by atoms with van der Waals surface area (Å²) in [7, 11) is 0. The zero-order chi connectivity index (χ0) is 22.4. The fourth-order valence-electron chi connectivity index (χ4n) is 5.68. The van der Waals surface area contributed by atoms with Crippen LogP contribution in [0.1, 0.15) is 58.2 Å². The van der Waals surface area contributed by atoms with Crippen LogP contribution in [0.2, 0.25) is 0 Å². The molecule has 1 aliphatic carbocycles. The number of nitrogens with zero attached hydrogens (tertiary/aromatic N) is 1. The van der Waals surface area contributed by atoms with Crippen LogP contribution in [0.5, 0.6) is 5.75 Å². The van der Waals surface area contributed by atoms with Crippen molar-refractivity contribution in [2.75, 3.05) is 18.0 Å². The van der Waals surface area contributed by atoms with Gasteiger partial charge < -0.3 is 19.5 Å². The number of benzene rings is 3. The molecule has 6 rings (SSSR count). The van der Waals surface area contributed by atoms with Crippen LogP contribution in [0, 0.1) is 5.92 Å². The van der Waals surface area contributed by atoms with E-state index in [0.29, 0.717) is 6.61 Å². The van der Waals surface area contributed by atoms with E-state index in [-0.39, 0.29) is 23.7 Å². The van der Waals surface area contributed by atoms with Crippen molar-refractivity contribution < 1.29 is 14.6 Å². The lowest BCUT2D eigenvalue weighted by Gasteiger charge is -2.36. The summed E-state index contributed by atoms with van der Waals surface area (Å²) in [6, 6.07) is 21.4. The van der Waals surface area contributed by atoms with Gasteiger partial charge in [-0.25, -0.2) is 0 Å². The number of phenolic OH excluding ortho intramolecular Hbond substituents is 1. The predicted octanol–water partition coefficient (Wildman–Crippen LogP) is 5.31. The van der Waals surface area contributed by atoms with Gasteiger partial charge in [-0.3, -0.25) is 0 Å². The highest BCUT2D eigenvalue weighted by atomic mass is 16.5. The molecule has 0 spiro atoms. The summed E-state index contributed by atoms with van der Waals surface area (Å²) in [5, 5.41) is 10.0. The monoisotopic (exact) mass is 439 g/mol. The zero-order valence-electron chi connectivity index (χ0n) is 18.7. The first kappa shape index (κ1) is 20.5. The number of hydrogen-bond donors (Lipinski definition) is 1. The number of aryl methyl sites for hydroxylation is 2. The van der Waals surface area contributed by atoms with Gasteiger partial charge in [-0.15, -0.1) is 0 Å². The Bertz CT molecular complexity index is 1180. The minimum absolute atomic E-state index is 0.0536. The fourth-order valence-corrected chi connectivity index (χ4v) is 5.68. The van der Waals surface area contributed by atoms with E-state index >= 15 is 0 Å².